The highest BCUT2D eigenvalue weighted by molar-refractivity contribution is 8.00. The molecular weight excluding hydrogens is 170 g/mol. The van der Waals surface area contributed by atoms with Crippen LogP contribution in [0.5, 0.6) is 0 Å². The number of hydrogen-bond acceptors (Lipinski definition) is 3. The van der Waals surface area contributed by atoms with E-state index in [1.54, 1.807) is 0 Å². The molecule has 2 nitrogen and oxygen atoms in total. The molecule has 0 amide bonds. The lowest BCUT2D eigenvalue weighted by Gasteiger charge is -2.41. The second-order valence-corrected chi connectivity index (χ2v) is 5.09. The Bertz CT molecular complexity index is 195. The van der Waals surface area contributed by atoms with E-state index in [-0.39, 0.29) is 0 Å². The van der Waals surface area contributed by atoms with Crippen LogP contribution in [0.1, 0.15) is 19.3 Å². The van der Waals surface area contributed by atoms with Crippen molar-refractivity contribution in [3.63, 3.8) is 0 Å². The molecular formula is C9H15NOS. The van der Waals surface area contributed by atoms with Gasteiger partial charge in [-0.15, -0.1) is 0 Å². The summed E-state index contributed by atoms with van der Waals surface area (Å²) < 4.78 is 0. The number of fused-ring (bicyclic) bond motifs is 1. The summed E-state index contributed by atoms with van der Waals surface area (Å²) in [7, 11) is 2.15. The Morgan fingerprint density at radius 1 is 1.58 bits per heavy atom. The smallest absolute Gasteiger partial charge is 0.134 e. The summed E-state index contributed by atoms with van der Waals surface area (Å²) in [4.78, 5) is 13.6. The van der Waals surface area contributed by atoms with Crippen molar-refractivity contribution in [3.8, 4) is 0 Å². The summed E-state index contributed by atoms with van der Waals surface area (Å²) in [5.41, 5.74) is 0. The van der Waals surface area contributed by atoms with Crippen molar-refractivity contribution in [2.75, 3.05) is 19.3 Å². The van der Waals surface area contributed by atoms with Gasteiger partial charge in [-0.1, -0.05) is 0 Å². The number of thioether (sulfide) groups is 1. The molecule has 1 heterocycles. The van der Waals surface area contributed by atoms with Crippen LogP contribution in [0.3, 0.4) is 0 Å². The lowest BCUT2D eigenvalue weighted by molar-refractivity contribution is -0.121. The van der Waals surface area contributed by atoms with Gasteiger partial charge in [-0.2, -0.15) is 11.8 Å². The first kappa shape index (κ1) is 8.57. The van der Waals surface area contributed by atoms with E-state index in [1.165, 1.54) is 5.75 Å². The molecule has 3 heteroatoms. The number of hydrogen-bond donors (Lipinski definition) is 0. The average Bonchev–Trinajstić information content (AvgIpc) is 2.07. The monoisotopic (exact) mass is 185 g/mol. The fourth-order valence-electron chi connectivity index (χ4n) is 2.11. The minimum Gasteiger partial charge on any atom is -0.301 e. The van der Waals surface area contributed by atoms with Gasteiger partial charge in [-0.05, 0) is 13.5 Å². The molecule has 2 atom stereocenters. The lowest BCUT2D eigenvalue weighted by atomic mass is 9.92. The highest BCUT2D eigenvalue weighted by Crippen LogP contribution is 2.33. The molecule has 68 valence electrons. The molecule has 1 aliphatic carbocycles. The van der Waals surface area contributed by atoms with Crippen LogP contribution in [0.4, 0.5) is 0 Å². The number of nitrogens with zero attached hydrogens (tertiary/aromatic N) is 1. The number of Topliss-reactive ketones (excluding diaryl/α,β-unsaturated/α-hetero) is 1. The molecule has 1 saturated carbocycles. The Balaban J connectivity index is 2.05. The molecule has 0 aromatic carbocycles. The Kier molecular flexibility index (Phi) is 2.42. The number of ketones is 1. The van der Waals surface area contributed by atoms with Crippen LogP contribution in [0.15, 0.2) is 0 Å². The zero-order valence-electron chi connectivity index (χ0n) is 7.45. The maximum Gasteiger partial charge on any atom is 0.134 e. The lowest BCUT2D eigenvalue weighted by Crippen LogP contribution is -2.48. The summed E-state index contributed by atoms with van der Waals surface area (Å²) in [6, 6.07) is 0.546. The van der Waals surface area contributed by atoms with Gasteiger partial charge in [0.25, 0.3) is 0 Å². The molecule has 0 bridgehead atoms. The predicted molar refractivity (Wildman–Crippen MR) is 51.5 cm³/mol. The van der Waals surface area contributed by atoms with Gasteiger partial charge in [0.15, 0.2) is 0 Å². The van der Waals surface area contributed by atoms with Crippen LogP contribution in [0.2, 0.25) is 0 Å². The Morgan fingerprint density at radius 3 is 3.25 bits per heavy atom. The number of carbonyl (C=O) groups is 1. The van der Waals surface area contributed by atoms with Crippen LogP contribution in [0, 0.1) is 0 Å². The highest BCUT2D eigenvalue weighted by atomic mass is 32.2. The molecule has 0 radical (unpaired) electrons. The van der Waals surface area contributed by atoms with E-state index in [9.17, 15) is 4.79 Å². The third kappa shape index (κ3) is 1.52. The number of carbonyl (C=O) groups excluding carboxylic acids is 1. The zero-order valence-corrected chi connectivity index (χ0v) is 8.27. The molecule has 1 saturated heterocycles. The van der Waals surface area contributed by atoms with Crippen molar-refractivity contribution in [1.29, 1.82) is 0 Å². The van der Waals surface area contributed by atoms with Crippen molar-refractivity contribution in [3.05, 3.63) is 0 Å². The number of rotatable bonds is 0. The van der Waals surface area contributed by atoms with E-state index in [2.05, 4.69) is 23.7 Å². The third-order valence-corrected chi connectivity index (χ3v) is 4.31. The molecule has 0 aromatic rings. The molecule has 2 unspecified atom stereocenters. The van der Waals surface area contributed by atoms with Gasteiger partial charge in [-0.25, -0.2) is 0 Å². The Hall–Kier alpha value is -0.0200. The Morgan fingerprint density at radius 2 is 2.42 bits per heavy atom. The summed E-state index contributed by atoms with van der Waals surface area (Å²) >= 11 is 2.06. The van der Waals surface area contributed by atoms with Crippen LogP contribution < -0.4 is 0 Å². The maximum absolute atomic E-state index is 11.2. The summed E-state index contributed by atoms with van der Waals surface area (Å²) in [6.07, 6.45) is 2.73. The van der Waals surface area contributed by atoms with Crippen LogP contribution in [-0.2, 0) is 4.79 Å². The molecule has 0 aromatic heterocycles. The van der Waals surface area contributed by atoms with Crippen molar-refractivity contribution in [2.24, 2.45) is 0 Å². The van der Waals surface area contributed by atoms with Crippen molar-refractivity contribution in [2.45, 2.75) is 30.6 Å². The van der Waals surface area contributed by atoms with Gasteiger partial charge in [0, 0.05) is 36.4 Å². The zero-order chi connectivity index (χ0) is 8.55. The second kappa shape index (κ2) is 3.38. The summed E-state index contributed by atoms with van der Waals surface area (Å²) in [5.74, 6) is 1.71. The molecule has 0 N–H and O–H groups in total. The van der Waals surface area contributed by atoms with Crippen molar-refractivity contribution in [1.82, 2.24) is 4.90 Å². The quantitative estimate of drug-likeness (QED) is 0.565. The normalized spacial score (nSPS) is 37.9. The third-order valence-electron chi connectivity index (χ3n) is 2.92. The van der Waals surface area contributed by atoms with Crippen LogP contribution in [0.25, 0.3) is 0 Å². The molecule has 2 fully saturated rings. The molecule has 2 rings (SSSR count). The van der Waals surface area contributed by atoms with E-state index in [1.807, 2.05) is 0 Å². The standard InChI is InChI=1S/C9H15NOS/c1-10-4-5-12-9-3-2-7(11)6-8(9)10/h8-9H,2-6H2,1H3. The molecule has 2 aliphatic rings. The van der Waals surface area contributed by atoms with Gasteiger partial charge in [-0.3, -0.25) is 4.79 Å². The van der Waals surface area contributed by atoms with Gasteiger partial charge >= 0.3 is 0 Å². The summed E-state index contributed by atoms with van der Waals surface area (Å²) in [5, 5.41) is 0.737. The van der Waals surface area contributed by atoms with Crippen LogP contribution in [-0.4, -0.2) is 41.3 Å². The minimum absolute atomic E-state index is 0.464. The topological polar surface area (TPSA) is 20.3 Å². The minimum atomic E-state index is 0.464. The maximum atomic E-state index is 11.2. The van der Waals surface area contributed by atoms with Gasteiger partial charge in [0.2, 0.25) is 0 Å². The van der Waals surface area contributed by atoms with E-state index >= 15 is 0 Å². The van der Waals surface area contributed by atoms with Gasteiger partial charge in [0.1, 0.15) is 5.78 Å². The molecule has 0 spiro atoms. The largest absolute Gasteiger partial charge is 0.301 e. The van der Waals surface area contributed by atoms with Crippen molar-refractivity contribution >= 4 is 17.5 Å². The van der Waals surface area contributed by atoms with Gasteiger partial charge < -0.3 is 4.90 Å². The first-order valence-corrected chi connectivity index (χ1v) is 5.66. The van der Waals surface area contributed by atoms with Crippen LogP contribution >= 0.6 is 11.8 Å². The van der Waals surface area contributed by atoms with E-state index in [0.29, 0.717) is 11.8 Å². The average molecular weight is 185 g/mol. The van der Waals surface area contributed by atoms with E-state index < -0.39 is 0 Å². The van der Waals surface area contributed by atoms with E-state index in [0.717, 1.165) is 31.1 Å². The first-order chi connectivity index (χ1) is 5.77. The van der Waals surface area contributed by atoms with Crippen molar-refractivity contribution < 1.29 is 4.79 Å². The fourth-order valence-corrected chi connectivity index (χ4v) is 3.62. The predicted octanol–water partition coefficient (Wildman–Crippen LogP) is 1.16. The summed E-state index contributed by atoms with van der Waals surface area (Å²) in [6.45, 7) is 1.15. The molecule has 1 aliphatic heterocycles. The highest BCUT2D eigenvalue weighted by Gasteiger charge is 2.34. The first-order valence-electron chi connectivity index (χ1n) is 4.61. The molecule has 12 heavy (non-hydrogen) atoms. The fraction of sp³-hybridized carbons (Fsp3) is 0.889. The Labute approximate surface area is 77.7 Å². The van der Waals surface area contributed by atoms with Gasteiger partial charge in [0.05, 0.1) is 0 Å². The SMILES string of the molecule is CN1CCSC2CCC(=O)CC21. The van der Waals surface area contributed by atoms with E-state index in [4.69, 9.17) is 0 Å². The second-order valence-electron chi connectivity index (χ2n) is 3.74.